The maximum absolute atomic E-state index is 12.5. The number of carbonyl (C=O) groups is 2. The van der Waals surface area contributed by atoms with Crippen molar-refractivity contribution in [1.29, 1.82) is 0 Å². The van der Waals surface area contributed by atoms with Gasteiger partial charge in [-0.2, -0.15) is 0 Å². The van der Waals surface area contributed by atoms with E-state index in [4.69, 9.17) is 9.26 Å². The number of benzene rings is 1. The highest BCUT2D eigenvalue weighted by Gasteiger charge is 2.30. The number of anilines is 2. The Hall–Kier alpha value is -4.21. The molecule has 1 fully saturated rings. The first kappa shape index (κ1) is 19.7. The van der Waals surface area contributed by atoms with Crippen molar-refractivity contribution >= 4 is 29.0 Å². The first-order chi connectivity index (χ1) is 15.5. The van der Waals surface area contributed by atoms with E-state index in [1.165, 1.54) is 6.20 Å². The number of imidazole rings is 1. The molecule has 3 heterocycles. The molecule has 10 heteroatoms. The van der Waals surface area contributed by atoms with Crippen LogP contribution >= 0.6 is 0 Å². The van der Waals surface area contributed by atoms with Crippen LogP contribution in [0.15, 0.2) is 47.2 Å². The normalized spacial score (nSPS) is 13.2. The molecule has 2 N–H and O–H groups in total. The van der Waals surface area contributed by atoms with Crippen LogP contribution in [0.4, 0.5) is 11.5 Å². The Bertz CT molecular complexity index is 1340. The summed E-state index contributed by atoms with van der Waals surface area (Å²) in [6, 6.07) is 8.79. The molecule has 5 rings (SSSR count). The molecule has 32 heavy (non-hydrogen) atoms. The number of amides is 2. The molecule has 0 atom stereocenters. The summed E-state index contributed by atoms with van der Waals surface area (Å²) in [5, 5.41) is 13.7. The molecule has 162 valence electrons. The first-order valence-electron chi connectivity index (χ1n) is 10.1. The highest BCUT2D eigenvalue weighted by atomic mass is 16.5. The van der Waals surface area contributed by atoms with E-state index >= 15 is 0 Å². The quantitative estimate of drug-likeness (QED) is 0.476. The van der Waals surface area contributed by atoms with Crippen LogP contribution in [0.5, 0.6) is 11.6 Å². The van der Waals surface area contributed by atoms with Crippen molar-refractivity contribution in [2.45, 2.75) is 26.7 Å². The van der Waals surface area contributed by atoms with Gasteiger partial charge in [-0.25, -0.2) is 9.50 Å². The van der Waals surface area contributed by atoms with Gasteiger partial charge in [0.15, 0.2) is 11.5 Å². The van der Waals surface area contributed by atoms with Crippen LogP contribution in [0, 0.1) is 19.8 Å². The summed E-state index contributed by atoms with van der Waals surface area (Å²) >= 11 is 0. The molecular weight excluding hydrogens is 412 g/mol. The molecule has 1 aromatic carbocycles. The van der Waals surface area contributed by atoms with Gasteiger partial charge in [-0.1, -0.05) is 11.2 Å². The van der Waals surface area contributed by atoms with Crippen LogP contribution in [-0.2, 0) is 4.79 Å². The van der Waals surface area contributed by atoms with E-state index < -0.39 is 0 Å². The van der Waals surface area contributed by atoms with Crippen molar-refractivity contribution in [3.63, 3.8) is 0 Å². The molecule has 0 radical (unpaired) electrons. The van der Waals surface area contributed by atoms with Gasteiger partial charge in [0.2, 0.25) is 11.8 Å². The first-order valence-corrected chi connectivity index (χ1v) is 10.1. The van der Waals surface area contributed by atoms with E-state index in [2.05, 4.69) is 25.9 Å². The van der Waals surface area contributed by atoms with Crippen molar-refractivity contribution in [2.24, 2.45) is 5.92 Å². The zero-order chi connectivity index (χ0) is 22.2. The summed E-state index contributed by atoms with van der Waals surface area (Å²) < 4.78 is 12.4. The van der Waals surface area contributed by atoms with Gasteiger partial charge >= 0.3 is 0 Å². The lowest BCUT2D eigenvalue weighted by molar-refractivity contribution is -0.117. The Labute approximate surface area is 182 Å². The zero-order valence-electron chi connectivity index (χ0n) is 17.5. The standard InChI is InChI=1S/C22H20N6O4/c1-12-3-6-15(9-17(12)24-22(30)16-10-23-32-13(16)2)31-20-8-7-19-25-18(11-28(19)27-20)26-21(29)14-4-5-14/h3,6-11,14H,4-5H2,1-2H3,(H,24,30)(H,26,29). The fourth-order valence-corrected chi connectivity index (χ4v) is 3.18. The summed E-state index contributed by atoms with van der Waals surface area (Å²) in [5.74, 6) is 1.50. The van der Waals surface area contributed by atoms with Crippen LogP contribution in [0.25, 0.3) is 5.65 Å². The molecule has 4 aromatic rings. The van der Waals surface area contributed by atoms with Crippen LogP contribution in [0.1, 0.15) is 34.5 Å². The highest BCUT2D eigenvalue weighted by Crippen LogP contribution is 2.30. The number of fused-ring (bicyclic) bond motifs is 1. The topological polar surface area (TPSA) is 124 Å². The number of carbonyl (C=O) groups excluding carboxylic acids is 2. The Morgan fingerprint density at radius 2 is 2.00 bits per heavy atom. The fourth-order valence-electron chi connectivity index (χ4n) is 3.18. The molecule has 0 aliphatic heterocycles. The molecule has 0 unspecified atom stereocenters. The van der Waals surface area contributed by atoms with E-state index in [-0.39, 0.29) is 17.7 Å². The van der Waals surface area contributed by atoms with Crippen molar-refractivity contribution in [3.8, 4) is 11.6 Å². The Balaban J connectivity index is 1.33. The summed E-state index contributed by atoms with van der Waals surface area (Å²) in [5.41, 5.74) is 2.42. The van der Waals surface area contributed by atoms with Gasteiger partial charge in [0.05, 0.1) is 12.4 Å². The third kappa shape index (κ3) is 4.02. The number of nitrogens with zero attached hydrogens (tertiary/aromatic N) is 4. The number of rotatable bonds is 6. The fraction of sp³-hybridized carbons (Fsp3) is 0.227. The number of hydrogen-bond acceptors (Lipinski definition) is 7. The predicted molar refractivity (Wildman–Crippen MR) is 115 cm³/mol. The van der Waals surface area contributed by atoms with Crippen LogP contribution in [0.3, 0.4) is 0 Å². The molecule has 1 aliphatic rings. The van der Waals surface area contributed by atoms with Gasteiger partial charge in [0.25, 0.3) is 5.91 Å². The number of nitrogens with one attached hydrogen (secondary N) is 2. The van der Waals surface area contributed by atoms with Crippen molar-refractivity contribution in [3.05, 3.63) is 59.6 Å². The second-order valence-electron chi connectivity index (χ2n) is 7.69. The van der Waals surface area contributed by atoms with Gasteiger partial charge in [0, 0.05) is 23.7 Å². The van der Waals surface area contributed by atoms with E-state index in [1.54, 1.807) is 41.9 Å². The zero-order valence-corrected chi connectivity index (χ0v) is 17.5. The minimum Gasteiger partial charge on any atom is -0.438 e. The maximum atomic E-state index is 12.5. The summed E-state index contributed by atoms with van der Waals surface area (Å²) in [6.45, 7) is 3.56. The van der Waals surface area contributed by atoms with Crippen molar-refractivity contribution in [2.75, 3.05) is 10.6 Å². The molecule has 1 saturated carbocycles. The summed E-state index contributed by atoms with van der Waals surface area (Å²) in [7, 11) is 0. The lowest BCUT2D eigenvalue weighted by Gasteiger charge is -2.11. The lowest BCUT2D eigenvalue weighted by atomic mass is 10.1. The predicted octanol–water partition coefficient (Wildman–Crippen LogP) is 3.73. The minimum absolute atomic E-state index is 0.0134. The van der Waals surface area contributed by atoms with E-state index in [9.17, 15) is 9.59 Å². The van der Waals surface area contributed by atoms with Crippen molar-refractivity contribution < 1.29 is 18.8 Å². The average Bonchev–Trinajstić information content (AvgIpc) is 3.41. The number of aryl methyl sites for hydroxylation is 2. The SMILES string of the molecule is Cc1ccc(Oc2ccc3nc(NC(=O)C4CC4)cn3n2)cc1NC(=O)c1cnoc1C. The van der Waals surface area contributed by atoms with Gasteiger partial charge < -0.3 is 19.9 Å². The molecule has 3 aromatic heterocycles. The van der Waals surface area contributed by atoms with E-state index in [0.29, 0.717) is 40.1 Å². The van der Waals surface area contributed by atoms with Crippen LogP contribution in [0.2, 0.25) is 0 Å². The van der Waals surface area contributed by atoms with Gasteiger partial charge in [-0.05, 0) is 44.4 Å². The van der Waals surface area contributed by atoms with E-state index in [0.717, 1.165) is 18.4 Å². The smallest absolute Gasteiger partial charge is 0.260 e. The molecule has 0 bridgehead atoms. The number of aromatic nitrogens is 4. The number of hydrogen-bond donors (Lipinski definition) is 2. The summed E-state index contributed by atoms with van der Waals surface area (Å²) in [4.78, 5) is 28.8. The van der Waals surface area contributed by atoms with Crippen LogP contribution < -0.4 is 15.4 Å². The van der Waals surface area contributed by atoms with Gasteiger partial charge in [-0.3, -0.25) is 9.59 Å². The molecule has 0 spiro atoms. The molecular formula is C22H20N6O4. The van der Waals surface area contributed by atoms with Gasteiger partial charge in [-0.15, -0.1) is 5.10 Å². The highest BCUT2D eigenvalue weighted by molar-refractivity contribution is 6.05. The molecule has 0 saturated heterocycles. The summed E-state index contributed by atoms with van der Waals surface area (Å²) in [6.07, 6.45) is 4.87. The molecule has 10 nitrogen and oxygen atoms in total. The Morgan fingerprint density at radius 1 is 1.16 bits per heavy atom. The average molecular weight is 432 g/mol. The van der Waals surface area contributed by atoms with E-state index in [1.807, 2.05) is 13.0 Å². The Kier molecular flexibility index (Phi) is 4.81. The second kappa shape index (κ2) is 7.80. The van der Waals surface area contributed by atoms with Gasteiger partial charge in [0.1, 0.15) is 17.1 Å². The largest absolute Gasteiger partial charge is 0.438 e. The number of ether oxygens (including phenoxy) is 1. The molecule has 2 amide bonds. The second-order valence-corrected chi connectivity index (χ2v) is 7.69. The van der Waals surface area contributed by atoms with Crippen LogP contribution in [-0.4, -0.2) is 31.6 Å². The third-order valence-corrected chi connectivity index (χ3v) is 5.17. The lowest BCUT2D eigenvalue weighted by Crippen LogP contribution is -2.13. The minimum atomic E-state index is -0.317. The third-order valence-electron chi connectivity index (χ3n) is 5.17. The Morgan fingerprint density at radius 3 is 2.75 bits per heavy atom. The van der Waals surface area contributed by atoms with Crippen molar-refractivity contribution in [1.82, 2.24) is 19.8 Å². The monoisotopic (exact) mass is 432 g/mol. The molecule has 1 aliphatic carbocycles. The maximum Gasteiger partial charge on any atom is 0.260 e.